The van der Waals surface area contributed by atoms with Crippen LogP contribution in [-0.2, 0) is 9.59 Å². The number of unbranched alkanes of at least 4 members (excludes halogenated alkanes) is 2. The van der Waals surface area contributed by atoms with Crippen molar-refractivity contribution in [2.75, 3.05) is 13.1 Å². The van der Waals surface area contributed by atoms with Gasteiger partial charge in [0.05, 0.1) is 5.92 Å². The van der Waals surface area contributed by atoms with E-state index >= 15 is 0 Å². The van der Waals surface area contributed by atoms with Gasteiger partial charge in [-0.2, -0.15) is 0 Å². The molecule has 2 N–H and O–H groups in total. The Balaban J connectivity index is 2.09. The average Bonchev–Trinajstić information content (AvgIpc) is 2.64. The van der Waals surface area contributed by atoms with Crippen molar-refractivity contribution in [2.45, 2.75) is 25.7 Å². The molecule has 0 spiro atoms. The molecule has 0 aliphatic carbocycles. The van der Waals surface area contributed by atoms with Crippen molar-refractivity contribution in [3.63, 3.8) is 0 Å². The molecule has 4 heteroatoms. The summed E-state index contributed by atoms with van der Waals surface area (Å²) in [7, 11) is 0. The highest BCUT2D eigenvalue weighted by Crippen LogP contribution is 2.08. The van der Waals surface area contributed by atoms with Crippen molar-refractivity contribution in [2.24, 2.45) is 5.92 Å². The number of terminal acetylenes is 1. The van der Waals surface area contributed by atoms with Gasteiger partial charge in [-0.15, -0.1) is 12.3 Å². The lowest BCUT2D eigenvalue weighted by Crippen LogP contribution is -2.32. The van der Waals surface area contributed by atoms with E-state index in [2.05, 4.69) is 16.6 Å². The summed E-state index contributed by atoms with van der Waals surface area (Å²) in [5.41, 5.74) is 0. The number of carbonyl (C=O) groups excluding carboxylic acids is 2. The number of hydrogen-bond donors (Lipinski definition) is 2. The molecule has 1 aliphatic heterocycles. The SMILES string of the molecule is C#CCCCCNC(=O)C1CNC(=O)C1. The molecule has 1 heterocycles. The zero-order valence-corrected chi connectivity index (χ0v) is 8.71. The van der Waals surface area contributed by atoms with Crippen molar-refractivity contribution in [1.82, 2.24) is 10.6 Å². The molecule has 0 aromatic heterocycles. The molecule has 0 radical (unpaired) electrons. The van der Waals surface area contributed by atoms with Gasteiger partial charge < -0.3 is 10.6 Å². The van der Waals surface area contributed by atoms with E-state index in [9.17, 15) is 9.59 Å². The van der Waals surface area contributed by atoms with Gasteiger partial charge in [0.25, 0.3) is 0 Å². The molecule has 1 fully saturated rings. The molecule has 1 atom stereocenters. The van der Waals surface area contributed by atoms with Crippen LogP contribution < -0.4 is 10.6 Å². The van der Waals surface area contributed by atoms with Crippen molar-refractivity contribution in [3.8, 4) is 12.3 Å². The normalized spacial score (nSPS) is 19.4. The Morgan fingerprint density at radius 2 is 2.40 bits per heavy atom. The summed E-state index contributed by atoms with van der Waals surface area (Å²) in [5, 5.41) is 5.44. The monoisotopic (exact) mass is 208 g/mol. The fourth-order valence-corrected chi connectivity index (χ4v) is 1.50. The number of carbonyl (C=O) groups is 2. The van der Waals surface area contributed by atoms with Gasteiger partial charge in [-0.25, -0.2) is 0 Å². The highest BCUT2D eigenvalue weighted by molar-refractivity contribution is 5.89. The van der Waals surface area contributed by atoms with Crippen LogP contribution in [0.15, 0.2) is 0 Å². The lowest BCUT2D eigenvalue weighted by molar-refractivity contribution is -0.126. The maximum atomic E-state index is 11.5. The summed E-state index contributed by atoms with van der Waals surface area (Å²) >= 11 is 0. The summed E-state index contributed by atoms with van der Waals surface area (Å²) in [6, 6.07) is 0. The van der Waals surface area contributed by atoms with Crippen LogP contribution in [0.25, 0.3) is 0 Å². The van der Waals surface area contributed by atoms with E-state index in [1.807, 2.05) is 0 Å². The largest absolute Gasteiger partial charge is 0.356 e. The molecule has 1 unspecified atom stereocenters. The molecule has 1 rings (SSSR count). The van der Waals surface area contributed by atoms with Gasteiger partial charge in [-0.05, 0) is 12.8 Å². The van der Waals surface area contributed by atoms with Gasteiger partial charge >= 0.3 is 0 Å². The smallest absolute Gasteiger partial charge is 0.225 e. The minimum atomic E-state index is -0.190. The van der Waals surface area contributed by atoms with Crippen molar-refractivity contribution in [1.29, 1.82) is 0 Å². The molecule has 0 aromatic rings. The fraction of sp³-hybridized carbons (Fsp3) is 0.636. The van der Waals surface area contributed by atoms with E-state index in [-0.39, 0.29) is 17.7 Å². The Hall–Kier alpha value is -1.50. The van der Waals surface area contributed by atoms with Crippen LogP contribution in [0.3, 0.4) is 0 Å². The second-order valence-electron chi connectivity index (χ2n) is 3.66. The molecule has 0 aromatic carbocycles. The Labute approximate surface area is 89.8 Å². The summed E-state index contributed by atoms with van der Waals surface area (Å²) in [4.78, 5) is 22.3. The van der Waals surface area contributed by atoms with Crippen LogP contribution >= 0.6 is 0 Å². The van der Waals surface area contributed by atoms with Gasteiger partial charge in [0.1, 0.15) is 0 Å². The van der Waals surface area contributed by atoms with Gasteiger partial charge in [0, 0.05) is 25.9 Å². The first-order chi connectivity index (χ1) is 7.24. The Bertz CT molecular complexity index is 281. The Morgan fingerprint density at radius 3 is 3.00 bits per heavy atom. The first-order valence-electron chi connectivity index (χ1n) is 5.22. The minimum absolute atomic E-state index is 0.0333. The summed E-state index contributed by atoms with van der Waals surface area (Å²) < 4.78 is 0. The maximum absolute atomic E-state index is 11.5. The maximum Gasteiger partial charge on any atom is 0.225 e. The van der Waals surface area contributed by atoms with Gasteiger partial charge in [0.15, 0.2) is 0 Å². The van der Waals surface area contributed by atoms with E-state index in [1.54, 1.807) is 0 Å². The summed E-state index contributed by atoms with van der Waals surface area (Å²) in [5.74, 6) is 2.29. The van der Waals surface area contributed by atoms with E-state index in [1.165, 1.54) is 0 Å². The molecule has 0 bridgehead atoms. The first-order valence-corrected chi connectivity index (χ1v) is 5.22. The van der Waals surface area contributed by atoms with E-state index < -0.39 is 0 Å². The number of nitrogens with one attached hydrogen (secondary N) is 2. The zero-order valence-electron chi connectivity index (χ0n) is 8.71. The molecule has 0 saturated carbocycles. The first kappa shape index (κ1) is 11.6. The molecule has 15 heavy (non-hydrogen) atoms. The Morgan fingerprint density at radius 1 is 1.60 bits per heavy atom. The molecule has 1 saturated heterocycles. The highest BCUT2D eigenvalue weighted by atomic mass is 16.2. The zero-order chi connectivity index (χ0) is 11.1. The van der Waals surface area contributed by atoms with Crippen molar-refractivity contribution < 1.29 is 9.59 Å². The van der Waals surface area contributed by atoms with Crippen LogP contribution in [0, 0.1) is 18.3 Å². The predicted molar refractivity (Wildman–Crippen MR) is 56.8 cm³/mol. The van der Waals surface area contributed by atoms with Crippen LogP contribution in [0.5, 0.6) is 0 Å². The minimum Gasteiger partial charge on any atom is -0.356 e. The third-order valence-corrected chi connectivity index (χ3v) is 2.40. The van der Waals surface area contributed by atoms with Gasteiger partial charge in [-0.1, -0.05) is 0 Å². The number of hydrogen-bond acceptors (Lipinski definition) is 2. The Kier molecular flexibility index (Phi) is 4.69. The van der Waals surface area contributed by atoms with Crippen LogP contribution in [-0.4, -0.2) is 24.9 Å². The number of amides is 2. The molecular weight excluding hydrogens is 192 g/mol. The van der Waals surface area contributed by atoms with Crippen LogP contribution in [0.1, 0.15) is 25.7 Å². The molecule has 1 aliphatic rings. The third kappa shape index (κ3) is 4.03. The second kappa shape index (κ2) is 6.07. The molecule has 2 amide bonds. The quantitative estimate of drug-likeness (QED) is 0.495. The second-order valence-corrected chi connectivity index (χ2v) is 3.66. The van der Waals surface area contributed by atoms with E-state index in [0.29, 0.717) is 19.5 Å². The topological polar surface area (TPSA) is 58.2 Å². The lowest BCUT2D eigenvalue weighted by Gasteiger charge is -2.08. The summed E-state index contributed by atoms with van der Waals surface area (Å²) in [6.45, 7) is 1.11. The van der Waals surface area contributed by atoms with Crippen molar-refractivity contribution >= 4 is 11.8 Å². The van der Waals surface area contributed by atoms with Crippen LogP contribution in [0.2, 0.25) is 0 Å². The molecule has 82 valence electrons. The van der Waals surface area contributed by atoms with Crippen LogP contribution in [0.4, 0.5) is 0 Å². The van der Waals surface area contributed by atoms with Gasteiger partial charge in [-0.3, -0.25) is 9.59 Å². The number of rotatable bonds is 5. The summed E-state index contributed by atoms with van der Waals surface area (Å²) in [6.07, 6.45) is 7.99. The van der Waals surface area contributed by atoms with Gasteiger partial charge in [0.2, 0.25) is 11.8 Å². The fourth-order valence-electron chi connectivity index (χ4n) is 1.50. The van der Waals surface area contributed by atoms with E-state index in [0.717, 1.165) is 19.3 Å². The van der Waals surface area contributed by atoms with E-state index in [4.69, 9.17) is 6.42 Å². The highest BCUT2D eigenvalue weighted by Gasteiger charge is 2.27. The molecular formula is C11H16N2O2. The third-order valence-electron chi connectivity index (χ3n) is 2.40. The lowest BCUT2D eigenvalue weighted by atomic mass is 10.1. The van der Waals surface area contributed by atoms with Crippen molar-refractivity contribution in [3.05, 3.63) is 0 Å². The average molecular weight is 208 g/mol. The predicted octanol–water partition coefficient (Wildman–Crippen LogP) is 0.0422. The standard InChI is InChI=1S/C11H16N2O2/c1-2-3-4-5-6-12-11(15)9-7-10(14)13-8-9/h1,9H,3-8H2,(H,12,15)(H,13,14). The molecule has 4 nitrogen and oxygen atoms in total.